The van der Waals surface area contributed by atoms with Gasteiger partial charge in [-0.1, -0.05) is 35.5 Å². The SMILES string of the molecule is COc1ccc(-n2c(SCC(=O)N3CCOCC3)nnc2-c2ccccc2Cl)cc1. The van der Waals surface area contributed by atoms with E-state index in [-0.39, 0.29) is 11.7 Å². The third kappa shape index (κ3) is 4.45. The second-order valence-corrected chi connectivity index (χ2v) is 7.95. The molecule has 7 nitrogen and oxygen atoms in total. The molecule has 1 aliphatic rings. The lowest BCUT2D eigenvalue weighted by atomic mass is 10.2. The first-order valence-electron chi connectivity index (χ1n) is 9.50. The Morgan fingerprint density at radius 2 is 1.87 bits per heavy atom. The zero-order valence-electron chi connectivity index (χ0n) is 16.5. The van der Waals surface area contributed by atoms with E-state index in [1.807, 2.05) is 58.0 Å². The van der Waals surface area contributed by atoms with Crippen LogP contribution in [0.2, 0.25) is 5.02 Å². The van der Waals surface area contributed by atoms with Gasteiger partial charge in [-0.05, 0) is 36.4 Å². The Balaban J connectivity index is 1.66. The molecule has 156 valence electrons. The highest BCUT2D eigenvalue weighted by molar-refractivity contribution is 7.99. The summed E-state index contributed by atoms with van der Waals surface area (Å²) in [5.74, 6) is 1.71. The van der Waals surface area contributed by atoms with Crippen LogP contribution in [0.3, 0.4) is 0 Å². The number of carbonyl (C=O) groups is 1. The number of ether oxygens (including phenoxy) is 2. The first kappa shape index (κ1) is 20.7. The lowest BCUT2D eigenvalue weighted by Gasteiger charge is -2.26. The minimum Gasteiger partial charge on any atom is -0.497 e. The largest absolute Gasteiger partial charge is 0.497 e. The molecule has 1 amide bonds. The maximum Gasteiger partial charge on any atom is 0.233 e. The van der Waals surface area contributed by atoms with Gasteiger partial charge in [-0.25, -0.2) is 0 Å². The Morgan fingerprint density at radius 3 is 2.57 bits per heavy atom. The van der Waals surface area contributed by atoms with Gasteiger partial charge in [-0.3, -0.25) is 9.36 Å². The summed E-state index contributed by atoms with van der Waals surface area (Å²) in [5, 5.41) is 9.95. The van der Waals surface area contributed by atoms with E-state index < -0.39 is 0 Å². The minimum atomic E-state index is 0.0619. The highest BCUT2D eigenvalue weighted by Crippen LogP contribution is 2.32. The first-order chi connectivity index (χ1) is 14.7. The van der Waals surface area contributed by atoms with Crippen molar-refractivity contribution in [3.63, 3.8) is 0 Å². The number of carbonyl (C=O) groups excluding carboxylic acids is 1. The van der Waals surface area contributed by atoms with Gasteiger partial charge >= 0.3 is 0 Å². The number of hydrogen-bond donors (Lipinski definition) is 0. The molecule has 2 heterocycles. The maximum atomic E-state index is 12.6. The van der Waals surface area contributed by atoms with Crippen molar-refractivity contribution in [1.29, 1.82) is 0 Å². The lowest BCUT2D eigenvalue weighted by Crippen LogP contribution is -2.41. The van der Waals surface area contributed by atoms with Crippen LogP contribution < -0.4 is 4.74 Å². The van der Waals surface area contributed by atoms with Gasteiger partial charge in [0.05, 0.1) is 31.1 Å². The summed E-state index contributed by atoms with van der Waals surface area (Å²) in [5.41, 5.74) is 1.63. The van der Waals surface area contributed by atoms with Gasteiger partial charge in [0.15, 0.2) is 11.0 Å². The Hall–Kier alpha value is -2.55. The summed E-state index contributed by atoms with van der Waals surface area (Å²) in [6.07, 6.45) is 0. The molecule has 0 bridgehead atoms. The molecule has 0 N–H and O–H groups in total. The third-order valence-corrected chi connectivity index (χ3v) is 6.01. The van der Waals surface area contributed by atoms with Gasteiger partial charge < -0.3 is 14.4 Å². The predicted octanol–water partition coefficient (Wildman–Crippen LogP) is 3.55. The fourth-order valence-electron chi connectivity index (χ4n) is 3.17. The number of benzene rings is 2. The molecule has 0 saturated carbocycles. The van der Waals surface area contributed by atoms with Gasteiger partial charge in [0, 0.05) is 24.3 Å². The normalized spacial score (nSPS) is 14.0. The molecular formula is C21H21ClN4O3S. The number of hydrogen-bond acceptors (Lipinski definition) is 6. The fraction of sp³-hybridized carbons (Fsp3) is 0.286. The molecule has 0 spiro atoms. The molecule has 0 atom stereocenters. The number of amides is 1. The van der Waals surface area contributed by atoms with Crippen molar-refractivity contribution in [2.24, 2.45) is 0 Å². The molecule has 9 heteroatoms. The van der Waals surface area contributed by atoms with Crippen LogP contribution in [0.25, 0.3) is 17.1 Å². The van der Waals surface area contributed by atoms with Crippen molar-refractivity contribution in [3.8, 4) is 22.8 Å². The molecule has 30 heavy (non-hydrogen) atoms. The van der Waals surface area contributed by atoms with Crippen LogP contribution >= 0.6 is 23.4 Å². The zero-order valence-corrected chi connectivity index (χ0v) is 18.0. The fourth-order valence-corrected chi connectivity index (χ4v) is 4.25. The van der Waals surface area contributed by atoms with Crippen molar-refractivity contribution in [2.45, 2.75) is 5.16 Å². The summed E-state index contributed by atoms with van der Waals surface area (Å²) < 4.78 is 12.5. The van der Waals surface area contributed by atoms with Crippen molar-refractivity contribution in [1.82, 2.24) is 19.7 Å². The van der Waals surface area contributed by atoms with E-state index in [1.54, 1.807) is 7.11 Å². The number of rotatable bonds is 6. The zero-order chi connectivity index (χ0) is 20.9. The van der Waals surface area contributed by atoms with E-state index in [1.165, 1.54) is 11.8 Å². The Morgan fingerprint density at radius 1 is 1.13 bits per heavy atom. The summed E-state index contributed by atoms with van der Waals surface area (Å²) in [6.45, 7) is 2.40. The summed E-state index contributed by atoms with van der Waals surface area (Å²) in [7, 11) is 1.63. The number of nitrogens with zero attached hydrogens (tertiary/aromatic N) is 4. The average molecular weight is 445 g/mol. The monoisotopic (exact) mass is 444 g/mol. The first-order valence-corrected chi connectivity index (χ1v) is 10.9. The molecule has 1 aromatic heterocycles. The van der Waals surface area contributed by atoms with Gasteiger partial charge in [0.2, 0.25) is 5.91 Å². The number of methoxy groups -OCH3 is 1. The minimum absolute atomic E-state index is 0.0619. The van der Waals surface area contributed by atoms with Crippen molar-refractivity contribution in [2.75, 3.05) is 39.2 Å². The molecule has 4 rings (SSSR count). The van der Waals surface area contributed by atoms with Crippen LogP contribution in [0.1, 0.15) is 0 Å². The summed E-state index contributed by atoms with van der Waals surface area (Å²) >= 11 is 7.78. The van der Waals surface area contributed by atoms with Crippen molar-refractivity contribution < 1.29 is 14.3 Å². The maximum absolute atomic E-state index is 12.6. The average Bonchev–Trinajstić information content (AvgIpc) is 3.22. The summed E-state index contributed by atoms with van der Waals surface area (Å²) in [6, 6.07) is 15.1. The predicted molar refractivity (Wildman–Crippen MR) is 116 cm³/mol. The molecule has 0 radical (unpaired) electrons. The number of thioether (sulfide) groups is 1. The third-order valence-electron chi connectivity index (χ3n) is 4.77. The summed E-state index contributed by atoms with van der Waals surface area (Å²) in [4.78, 5) is 14.4. The Labute approximate surface area is 183 Å². The van der Waals surface area contributed by atoms with Crippen LogP contribution in [-0.2, 0) is 9.53 Å². The molecule has 1 saturated heterocycles. The molecule has 3 aromatic rings. The molecule has 0 unspecified atom stereocenters. The number of halogens is 1. The molecule has 1 aliphatic heterocycles. The second-order valence-electron chi connectivity index (χ2n) is 6.60. The molecule has 1 fully saturated rings. The molecule has 0 aliphatic carbocycles. The van der Waals surface area contributed by atoms with Crippen LogP contribution in [0, 0.1) is 0 Å². The lowest BCUT2D eigenvalue weighted by molar-refractivity contribution is -0.132. The van der Waals surface area contributed by atoms with Gasteiger partial charge in [0.1, 0.15) is 5.75 Å². The van der Waals surface area contributed by atoms with Gasteiger partial charge in [-0.15, -0.1) is 10.2 Å². The quantitative estimate of drug-likeness (QED) is 0.541. The van der Waals surface area contributed by atoms with E-state index in [0.29, 0.717) is 42.3 Å². The van der Waals surface area contributed by atoms with Crippen LogP contribution in [0.4, 0.5) is 0 Å². The van der Waals surface area contributed by atoms with E-state index >= 15 is 0 Å². The Kier molecular flexibility index (Phi) is 6.56. The Bertz CT molecular complexity index is 1020. The van der Waals surface area contributed by atoms with E-state index in [4.69, 9.17) is 21.1 Å². The van der Waals surface area contributed by atoms with E-state index in [0.717, 1.165) is 17.0 Å². The van der Waals surface area contributed by atoms with Gasteiger partial charge in [0.25, 0.3) is 0 Å². The van der Waals surface area contributed by atoms with Crippen molar-refractivity contribution >= 4 is 29.3 Å². The molecular weight excluding hydrogens is 424 g/mol. The van der Waals surface area contributed by atoms with E-state index in [2.05, 4.69) is 10.2 Å². The van der Waals surface area contributed by atoms with Crippen molar-refractivity contribution in [3.05, 3.63) is 53.6 Å². The van der Waals surface area contributed by atoms with E-state index in [9.17, 15) is 4.79 Å². The van der Waals surface area contributed by atoms with Crippen LogP contribution in [0.5, 0.6) is 5.75 Å². The standard InChI is InChI=1S/C21H21ClN4O3S/c1-28-16-8-6-15(7-9-16)26-20(17-4-2-3-5-18(17)22)23-24-21(26)30-14-19(27)25-10-12-29-13-11-25/h2-9H,10-14H2,1H3. The van der Waals surface area contributed by atoms with Crippen LogP contribution in [-0.4, -0.2) is 64.7 Å². The van der Waals surface area contributed by atoms with Gasteiger partial charge in [-0.2, -0.15) is 0 Å². The highest BCUT2D eigenvalue weighted by Gasteiger charge is 2.21. The highest BCUT2D eigenvalue weighted by atomic mass is 35.5. The topological polar surface area (TPSA) is 69.5 Å². The second kappa shape index (κ2) is 9.51. The molecule has 2 aromatic carbocycles. The van der Waals surface area contributed by atoms with Crippen LogP contribution in [0.15, 0.2) is 53.7 Å². The number of aromatic nitrogens is 3. The number of morpholine rings is 1. The smallest absolute Gasteiger partial charge is 0.233 e.